The molecule has 6 nitrogen and oxygen atoms in total. The Kier molecular flexibility index (Phi) is 5.49. The summed E-state index contributed by atoms with van der Waals surface area (Å²) in [6.07, 6.45) is 4.81. The Labute approximate surface area is 129 Å². The second-order valence-electron chi connectivity index (χ2n) is 5.89. The summed E-state index contributed by atoms with van der Waals surface area (Å²) in [5.74, 6) is -0.406. The van der Waals surface area contributed by atoms with E-state index in [1.54, 1.807) is 19.1 Å². The molecule has 1 amide bonds. The highest BCUT2D eigenvalue weighted by molar-refractivity contribution is 5.98. The number of nitro groups is 1. The van der Waals surface area contributed by atoms with Gasteiger partial charge in [-0.25, -0.2) is 0 Å². The van der Waals surface area contributed by atoms with E-state index in [0.29, 0.717) is 5.56 Å². The van der Waals surface area contributed by atoms with Crippen molar-refractivity contribution in [2.45, 2.75) is 45.1 Å². The molecule has 0 aromatic heterocycles. The number of aliphatic hydroxyl groups excluding tert-OH is 1. The van der Waals surface area contributed by atoms with Crippen molar-refractivity contribution in [2.24, 2.45) is 5.92 Å². The fraction of sp³-hybridized carbons (Fsp3) is 0.562. The lowest BCUT2D eigenvalue weighted by molar-refractivity contribution is -0.385. The maximum Gasteiger partial charge on any atom is 0.285 e. The highest BCUT2D eigenvalue weighted by atomic mass is 16.6. The van der Waals surface area contributed by atoms with Gasteiger partial charge < -0.3 is 10.4 Å². The first-order valence-corrected chi connectivity index (χ1v) is 7.70. The molecule has 0 radical (unpaired) electrons. The van der Waals surface area contributed by atoms with Crippen LogP contribution in [0.3, 0.4) is 0 Å². The molecule has 1 fully saturated rings. The number of aliphatic hydroxyl groups is 1. The maximum absolute atomic E-state index is 12.5. The van der Waals surface area contributed by atoms with Gasteiger partial charge in [0, 0.05) is 24.1 Å². The molecule has 2 unspecified atom stereocenters. The van der Waals surface area contributed by atoms with Crippen LogP contribution >= 0.6 is 0 Å². The van der Waals surface area contributed by atoms with E-state index >= 15 is 0 Å². The van der Waals surface area contributed by atoms with E-state index in [2.05, 4.69) is 5.32 Å². The largest absolute Gasteiger partial charge is 0.396 e. The predicted octanol–water partition coefficient (Wildman–Crippen LogP) is 2.57. The zero-order valence-corrected chi connectivity index (χ0v) is 12.7. The summed E-state index contributed by atoms with van der Waals surface area (Å²) < 4.78 is 0. The molecule has 2 rings (SSSR count). The molecule has 6 heteroatoms. The maximum atomic E-state index is 12.5. The van der Waals surface area contributed by atoms with Crippen LogP contribution in [0.1, 0.15) is 48.0 Å². The summed E-state index contributed by atoms with van der Waals surface area (Å²) in [4.78, 5) is 23.2. The van der Waals surface area contributed by atoms with E-state index in [0.717, 1.165) is 32.1 Å². The lowest BCUT2D eigenvalue weighted by atomic mass is 9.95. The summed E-state index contributed by atoms with van der Waals surface area (Å²) in [6.45, 7) is 1.65. The van der Waals surface area contributed by atoms with Gasteiger partial charge in [-0.15, -0.1) is 0 Å². The first kappa shape index (κ1) is 16.4. The minimum absolute atomic E-state index is 0.0234. The number of nitro benzene ring substituents is 1. The van der Waals surface area contributed by atoms with Gasteiger partial charge >= 0.3 is 0 Å². The lowest BCUT2D eigenvalue weighted by Gasteiger charge is -2.24. The van der Waals surface area contributed by atoms with Crippen molar-refractivity contribution in [2.75, 3.05) is 6.61 Å². The molecule has 0 bridgehead atoms. The summed E-state index contributed by atoms with van der Waals surface area (Å²) in [5.41, 5.74) is 0.414. The molecule has 120 valence electrons. The van der Waals surface area contributed by atoms with Gasteiger partial charge in [-0.3, -0.25) is 14.9 Å². The third kappa shape index (κ3) is 3.62. The van der Waals surface area contributed by atoms with Crippen LogP contribution in [0.4, 0.5) is 5.69 Å². The number of hydrogen-bond donors (Lipinski definition) is 2. The Balaban J connectivity index is 2.21. The number of carbonyl (C=O) groups excluding carboxylic acids is 1. The molecule has 2 N–H and O–H groups in total. The minimum Gasteiger partial charge on any atom is -0.396 e. The normalized spacial score (nSPS) is 21.9. The molecule has 1 saturated carbocycles. The number of hydrogen-bond acceptors (Lipinski definition) is 4. The standard InChI is InChI=1S/C16H22N2O4/c1-11-6-5-8-13(15(11)18(21)22)16(20)17-14-9-4-2-3-7-12(14)10-19/h5-6,8,12,14,19H,2-4,7,9-10H2,1H3,(H,17,20). The molecule has 1 aromatic carbocycles. The molecule has 1 aliphatic rings. The quantitative estimate of drug-likeness (QED) is 0.508. The average Bonchev–Trinajstić information content (AvgIpc) is 2.71. The van der Waals surface area contributed by atoms with Gasteiger partial charge in [0.25, 0.3) is 11.6 Å². The third-order valence-corrected chi connectivity index (χ3v) is 4.38. The van der Waals surface area contributed by atoms with Crippen molar-refractivity contribution < 1.29 is 14.8 Å². The highest BCUT2D eigenvalue weighted by Gasteiger charge is 2.28. The van der Waals surface area contributed by atoms with E-state index in [1.165, 1.54) is 6.07 Å². The van der Waals surface area contributed by atoms with Crippen LogP contribution in [-0.4, -0.2) is 28.6 Å². The lowest BCUT2D eigenvalue weighted by Crippen LogP contribution is -2.41. The first-order valence-electron chi connectivity index (χ1n) is 7.70. The van der Waals surface area contributed by atoms with Crippen LogP contribution in [-0.2, 0) is 0 Å². The average molecular weight is 306 g/mol. The van der Waals surface area contributed by atoms with Crippen molar-refractivity contribution in [3.63, 3.8) is 0 Å². The SMILES string of the molecule is Cc1cccc(C(=O)NC2CCCCCC2CO)c1[N+](=O)[O-]. The van der Waals surface area contributed by atoms with Gasteiger partial charge in [-0.05, 0) is 25.8 Å². The van der Waals surface area contributed by atoms with E-state index in [4.69, 9.17) is 0 Å². The number of aryl methyl sites for hydroxylation is 1. The van der Waals surface area contributed by atoms with Crippen molar-refractivity contribution in [1.82, 2.24) is 5.32 Å². The number of rotatable bonds is 4. The van der Waals surface area contributed by atoms with Crippen molar-refractivity contribution in [1.29, 1.82) is 0 Å². The van der Waals surface area contributed by atoms with Gasteiger partial charge in [-0.2, -0.15) is 0 Å². The number of nitrogens with zero attached hydrogens (tertiary/aromatic N) is 1. The summed E-state index contributed by atoms with van der Waals surface area (Å²) in [5, 5.41) is 23.6. The van der Waals surface area contributed by atoms with E-state index in [1.807, 2.05) is 0 Å². The Bertz CT molecular complexity index is 559. The second-order valence-corrected chi connectivity index (χ2v) is 5.89. The zero-order valence-electron chi connectivity index (χ0n) is 12.7. The summed E-state index contributed by atoms with van der Waals surface area (Å²) >= 11 is 0. The van der Waals surface area contributed by atoms with Crippen LogP contribution in [0.25, 0.3) is 0 Å². The van der Waals surface area contributed by atoms with Gasteiger partial charge in [0.2, 0.25) is 0 Å². The van der Waals surface area contributed by atoms with Gasteiger partial charge in [-0.1, -0.05) is 31.4 Å². The molecule has 1 aliphatic carbocycles. The number of carbonyl (C=O) groups is 1. The molecule has 2 atom stereocenters. The Morgan fingerprint density at radius 1 is 1.36 bits per heavy atom. The van der Waals surface area contributed by atoms with Crippen LogP contribution < -0.4 is 5.32 Å². The van der Waals surface area contributed by atoms with E-state index in [-0.39, 0.29) is 29.8 Å². The Hall–Kier alpha value is -1.95. The molecule has 0 heterocycles. The molecule has 1 aromatic rings. The fourth-order valence-corrected chi connectivity index (χ4v) is 3.12. The number of benzene rings is 1. The molecule has 0 aliphatic heterocycles. The van der Waals surface area contributed by atoms with Crippen molar-refractivity contribution >= 4 is 11.6 Å². The molecule has 22 heavy (non-hydrogen) atoms. The van der Waals surface area contributed by atoms with Crippen LogP contribution in [0.2, 0.25) is 0 Å². The second kappa shape index (κ2) is 7.35. The first-order chi connectivity index (χ1) is 10.5. The van der Waals surface area contributed by atoms with E-state index < -0.39 is 10.8 Å². The monoisotopic (exact) mass is 306 g/mol. The summed E-state index contributed by atoms with van der Waals surface area (Å²) in [6, 6.07) is 4.62. The van der Waals surface area contributed by atoms with Crippen LogP contribution in [0, 0.1) is 23.0 Å². The minimum atomic E-state index is -0.513. The zero-order chi connectivity index (χ0) is 16.1. The highest BCUT2D eigenvalue weighted by Crippen LogP contribution is 2.26. The number of amides is 1. The summed E-state index contributed by atoms with van der Waals surface area (Å²) in [7, 11) is 0. The Morgan fingerprint density at radius 2 is 2.09 bits per heavy atom. The molecule has 0 saturated heterocycles. The van der Waals surface area contributed by atoms with Crippen LogP contribution in [0.5, 0.6) is 0 Å². The number of para-hydroxylation sites is 1. The third-order valence-electron chi connectivity index (χ3n) is 4.38. The van der Waals surface area contributed by atoms with Gasteiger partial charge in [0.05, 0.1) is 4.92 Å². The number of nitrogens with one attached hydrogen (secondary N) is 1. The predicted molar refractivity (Wildman–Crippen MR) is 82.7 cm³/mol. The van der Waals surface area contributed by atoms with Crippen molar-refractivity contribution in [3.8, 4) is 0 Å². The van der Waals surface area contributed by atoms with Crippen molar-refractivity contribution in [3.05, 3.63) is 39.4 Å². The molecule has 0 spiro atoms. The van der Waals surface area contributed by atoms with Crippen LogP contribution in [0.15, 0.2) is 18.2 Å². The Morgan fingerprint density at radius 3 is 2.77 bits per heavy atom. The smallest absolute Gasteiger partial charge is 0.285 e. The van der Waals surface area contributed by atoms with E-state index in [9.17, 15) is 20.0 Å². The topological polar surface area (TPSA) is 92.5 Å². The molecular formula is C16H22N2O4. The van der Waals surface area contributed by atoms with Gasteiger partial charge in [0.15, 0.2) is 0 Å². The van der Waals surface area contributed by atoms with Gasteiger partial charge in [0.1, 0.15) is 5.56 Å². The molecular weight excluding hydrogens is 284 g/mol. The fourth-order valence-electron chi connectivity index (χ4n) is 3.12.